The zero-order valence-corrected chi connectivity index (χ0v) is 18.9. The average molecular weight is 473 g/mol. The third-order valence-corrected chi connectivity index (χ3v) is 6.14. The Bertz CT molecular complexity index is 894. The molecule has 2 aliphatic rings. The number of hydrogen-bond donors (Lipinski definition) is 5. The maximum absolute atomic E-state index is 9.77. The van der Waals surface area contributed by atoms with Crippen LogP contribution in [0.3, 0.4) is 0 Å². The van der Waals surface area contributed by atoms with Crippen LogP contribution in [0.4, 0.5) is 0 Å². The fourth-order valence-corrected chi connectivity index (χ4v) is 4.29. The van der Waals surface area contributed by atoms with Crippen molar-refractivity contribution in [2.75, 3.05) is 26.3 Å². The van der Waals surface area contributed by atoms with Gasteiger partial charge in [0.05, 0.1) is 6.61 Å². The van der Waals surface area contributed by atoms with Crippen LogP contribution in [0.25, 0.3) is 11.1 Å². The van der Waals surface area contributed by atoms with Gasteiger partial charge in [0.25, 0.3) is 0 Å². The predicted molar refractivity (Wildman–Crippen MR) is 125 cm³/mol. The Balaban J connectivity index is 0.000000277. The first-order valence-corrected chi connectivity index (χ1v) is 11.4. The van der Waals surface area contributed by atoms with Crippen molar-refractivity contribution in [3.05, 3.63) is 60.2 Å². The van der Waals surface area contributed by atoms with Crippen LogP contribution in [0.15, 0.2) is 54.6 Å². The number of benzene rings is 2. The summed E-state index contributed by atoms with van der Waals surface area (Å²) in [5.41, 5.74) is 4.08. The first kappa shape index (κ1) is 25.8. The second kappa shape index (κ2) is 12.6. The van der Waals surface area contributed by atoms with Crippen molar-refractivity contribution < 1.29 is 34.8 Å². The van der Waals surface area contributed by atoms with E-state index in [4.69, 9.17) is 25.2 Å². The molecule has 34 heavy (non-hydrogen) atoms. The van der Waals surface area contributed by atoms with Gasteiger partial charge in [-0.1, -0.05) is 54.6 Å². The highest BCUT2D eigenvalue weighted by Crippen LogP contribution is 2.28. The molecule has 9 nitrogen and oxygen atoms in total. The van der Waals surface area contributed by atoms with Crippen molar-refractivity contribution in [3.8, 4) is 11.1 Å². The summed E-state index contributed by atoms with van der Waals surface area (Å²) in [6.07, 6.45) is -2.14. The monoisotopic (exact) mass is 472 g/mol. The van der Waals surface area contributed by atoms with Crippen LogP contribution in [-0.4, -0.2) is 87.9 Å². The Morgan fingerprint density at radius 3 is 2.15 bits per heavy atom. The Labute approximate surface area is 198 Å². The number of aliphatic hydroxyl groups is 2. The Morgan fingerprint density at radius 2 is 1.59 bits per heavy atom. The summed E-state index contributed by atoms with van der Waals surface area (Å²) in [4.78, 5) is 22.2. The zero-order chi connectivity index (χ0) is 24.5. The topological polar surface area (TPSA) is 140 Å². The molecule has 5 N–H and O–H groups in total. The number of carboxylic acid groups (broad SMARTS) is 2. The number of carbonyl (C=O) groups is 2. The van der Waals surface area contributed by atoms with Crippen molar-refractivity contribution in [1.82, 2.24) is 10.2 Å². The molecule has 2 saturated heterocycles. The van der Waals surface area contributed by atoms with E-state index in [0.717, 1.165) is 39.3 Å². The highest BCUT2D eigenvalue weighted by Gasteiger charge is 2.31. The summed E-state index contributed by atoms with van der Waals surface area (Å²) in [6.45, 7) is 5.02. The highest BCUT2D eigenvalue weighted by atomic mass is 16.5. The summed E-state index contributed by atoms with van der Waals surface area (Å²) in [5, 5.41) is 36.1. The van der Waals surface area contributed by atoms with Gasteiger partial charge in [-0.15, -0.1) is 0 Å². The second-order valence-electron chi connectivity index (χ2n) is 8.43. The number of carboxylic acids is 2. The van der Waals surface area contributed by atoms with E-state index in [1.807, 2.05) is 0 Å². The molecule has 2 aliphatic heterocycles. The van der Waals surface area contributed by atoms with Gasteiger partial charge in [0.1, 0.15) is 0 Å². The summed E-state index contributed by atoms with van der Waals surface area (Å²) in [7, 11) is 0. The van der Waals surface area contributed by atoms with E-state index in [2.05, 4.69) is 64.8 Å². The smallest absolute Gasteiger partial charge is 0.335 e. The second-order valence-corrected chi connectivity index (χ2v) is 8.43. The van der Waals surface area contributed by atoms with Crippen LogP contribution >= 0.6 is 0 Å². The lowest BCUT2D eigenvalue weighted by Gasteiger charge is -2.34. The normalized spacial score (nSPS) is 21.5. The molecule has 4 rings (SSSR count). The summed E-state index contributed by atoms with van der Waals surface area (Å²) < 4.78 is 5.69. The Hall–Kier alpha value is -2.82. The molecule has 0 bridgehead atoms. The molecule has 0 amide bonds. The first-order valence-electron chi connectivity index (χ1n) is 11.4. The van der Waals surface area contributed by atoms with E-state index < -0.39 is 24.1 Å². The highest BCUT2D eigenvalue weighted by molar-refractivity contribution is 5.83. The maximum atomic E-state index is 9.77. The largest absolute Gasteiger partial charge is 0.479 e. The summed E-state index contributed by atoms with van der Waals surface area (Å²) in [6, 6.07) is 20.8. The van der Waals surface area contributed by atoms with E-state index >= 15 is 0 Å². The number of nitrogens with zero attached hydrogens (tertiary/aromatic N) is 1. The van der Waals surface area contributed by atoms with Crippen LogP contribution in [0.1, 0.15) is 18.4 Å². The average Bonchev–Trinajstić information content (AvgIpc) is 3.57. The van der Waals surface area contributed by atoms with Crippen LogP contribution in [0, 0.1) is 0 Å². The quantitative estimate of drug-likeness (QED) is 0.383. The number of aliphatic hydroxyl groups excluding tert-OH is 2. The third-order valence-electron chi connectivity index (χ3n) is 6.14. The van der Waals surface area contributed by atoms with Crippen LogP contribution in [-0.2, 0) is 20.9 Å². The van der Waals surface area contributed by atoms with E-state index in [1.165, 1.54) is 23.1 Å². The molecule has 184 valence electrons. The van der Waals surface area contributed by atoms with Gasteiger partial charge in [0.15, 0.2) is 12.2 Å². The van der Waals surface area contributed by atoms with E-state index in [9.17, 15) is 9.59 Å². The fourth-order valence-electron chi connectivity index (χ4n) is 4.29. The molecule has 2 aromatic rings. The van der Waals surface area contributed by atoms with Crippen molar-refractivity contribution in [2.24, 2.45) is 0 Å². The van der Waals surface area contributed by atoms with Crippen molar-refractivity contribution in [3.63, 3.8) is 0 Å². The molecule has 0 spiro atoms. The molecule has 2 heterocycles. The Morgan fingerprint density at radius 1 is 0.941 bits per heavy atom. The molecule has 0 aromatic heterocycles. The molecule has 4 atom stereocenters. The molecular weight excluding hydrogens is 440 g/mol. The van der Waals surface area contributed by atoms with Gasteiger partial charge in [-0.3, -0.25) is 4.90 Å². The zero-order valence-electron chi connectivity index (χ0n) is 18.9. The van der Waals surface area contributed by atoms with Crippen LogP contribution in [0.2, 0.25) is 0 Å². The van der Waals surface area contributed by atoms with Gasteiger partial charge in [0.2, 0.25) is 0 Å². The van der Waals surface area contributed by atoms with Gasteiger partial charge in [-0.05, 0) is 36.1 Å². The van der Waals surface area contributed by atoms with Crippen LogP contribution < -0.4 is 5.32 Å². The minimum absolute atomic E-state index is 0.554. The number of hydrogen-bond acceptors (Lipinski definition) is 7. The minimum atomic E-state index is -2.27. The van der Waals surface area contributed by atoms with Gasteiger partial charge < -0.3 is 30.5 Å². The number of ether oxygens (including phenoxy) is 1. The standard InChI is InChI=1S/C21H26N2O.C4H6O6/c1-2-6-17(7-3-1)21-9-5-4-8-18(21)15-23(19-10-12-22-14-19)20-11-13-24-16-20;5-1(3(7)8)2(6)4(9)10/h1-9,19-20,22H,10-16H2;1-2,5-6H,(H,7,8)(H,9,10)/t19-,20+;1-,2-/m01/s1. The lowest BCUT2D eigenvalue weighted by Crippen LogP contribution is -2.44. The van der Waals surface area contributed by atoms with Gasteiger partial charge >= 0.3 is 11.9 Å². The molecule has 0 aliphatic carbocycles. The van der Waals surface area contributed by atoms with Gasteiger partial charge in [0, 0.05) is 31.8 Å². The van der Waals surface area contributed by atoms with Crippen molar-refractivity contribution in [1.29, 1.82) is 0 Å². The maximum Gasteiger partial charge on any atom is 0.335 e. The molecule has 9 heteroatoms. The lowest BCUT2D eigenvalue weighted by atomic mass is 9.98. The molecule has 2 fully saturated rings. The molecule has 0 saturated carbocycles. The first-order chi connectivity index (χ1) is 16.4. The molecule has 2 aromatic carbocycles. The third kappa shape index (κ3) is 6.85. The molecule has 0 radical (unpaired) electrons. The number of rotatable bonds is 8. The molecular formula is C25H32N2O7. The predicted octanol–water partition coefficient (Wildman–Crippen LogP) is 1.18. The fraction of sp³-hybridized carbons (Fsp3) is 0.440. The number of nitrogens with one attached hydrogen (secondary N) is 1. The van der Waals surface area contributed by atoms with E-state index in [1.54, 1.807) is 0 Å². The minimum Gasteiger partial charge on any atom is -0.479 e. The lowest BCUT2D eigenvalue weighted by molar-refractivity contribution is -0.165. The molecule has 0 unspecified atom stereocenters. The van der Waals surface area contributed by atoms with Gasteiger partial charge in [-0.25, -0.2) is 9.59 Å². The van der Waals surface area contributed by atoms with Crippen molar-refractivity contribution >= 4 is 11.9 Å². The van der Waals surface area contributed by atoms with E-state index in [-0.39, 0.29) is 0 Å². The SMILES string of the molecule is O=C(O)[C@H](O)[C@@H](O)C(=O)O.c1ccc(-c2ccccc2CN([C@@H]2CCOC2)[C@H]2CCNC2)cc1. The Kier molecular flexibility index (Phi) is 9.55. The van der Waals surface area contributed by atoms with Crippen molar-refractivity contribution in [2.45, 2.75) is 43.7 Å². The van der Waals surface area contributed by atoms with Gasteiger partial charge in [-0.2, -0.15) is 0 Å². The van der Waals surface area contributed by atoms with Crippen LogP contribution in [0.5, 0.6) is 0 Å². The number of aliphatic carboxylic acids is 2. The van der Waals surface area contributed by atoms with E-state index in [0.29, 0.717) is 12.1 Å². The summed E-state index contributed by atoms with van der Waals surface area (Å²) in [5.74, 6) is -3.54. The summed E-state index contributed by atoms with van der Waals surface area (Å²) >= 11 is 0.